The van der Waals surface area contributed by atoms with Crippen molar-refractivity contribution < 1.29 is 19.1 Å². The first-order chi connectivity index (χ1) is 15.6. The first-order valence-electron chi connectivity index (χ1n) is 10.3. The minimum atomic E-state index is -0.663. The predicted molar refractivity (Wildman–Crippen MR) is 126 cm³/mol. The van der Waals surface area contributed by atoms with Gasteiger partial charge in [-0.15, -0.1) is 0 Å². The molecule has 0 fully saturated rings. The molecule has 1 atom stereocenters. The summed E-state index contributed by atoms with van der Waals surface area (Å²) in [5.41, 5.74) is 2.09. The van der Waals surface area contributed by atoms with Crippen molar-refractivity contribution in [3.05, 3.63) is 78.4 Å². The first-order valence-corrected chi connectivity index (χ1v) is 11.1. The van der Waals surface area contributed by atoms with Crippen molar-refractivity contribution in [3.63, 3.8) is 0 Å². The van der Waals surface area contributed by atoms with E-state index in [2.05, 4.69) is 5.32 Å². The Labute approximate surface area is 191 Å². The number of nitrogens with zero attached hydrogens (tertiary/aromatic N) is 1. The van der Waals surface area contributed by atoms with Crippen LogP contribution >= 0.6 is 11.8 Å². The van der Waals surface area contributed by atoms with Crippen LogP contribution in [0.15, 0.2) is 82.6 Å². The van der Waals surface area contributed by atoms with E-state index in [4.69, 9.17) is 9.47 Å². The number of nitrogens with one attached hydrogen (secondary N) is 1. The maximum Gasteiger partial charge on any atom is 0.265 e. The van der Waals surface area contributed by atoms with Crippen molar-refractivity contribution in [2.45, 2.75) is 22.8 Å². The van der Waals surface area contributed by atoms with E-state index < -0.39 is 6.10 Å². The van der Waals surface area contributed by atoms with Gasteiger partial charge in [-0.1, -0.05) is 42.1 Å². The molecule has 1 heterocycles. The molecule has 1 aliphatic rings. The molecular weight excluding hydrogens is 424 g/mol. The molecule has 3 aromatic rings. The van der Waals surface area contributed by atoms with E-state index >= 15 is 0 Å². The van der Waals surface area contributed by atoms with E-state index in [9.17, 15) is 9.59 Å². The molecule has 0 bridgehead atoms. The van der Waals surface area contributed by atoms with Crippen molar-refractivity contribution in [1.82, 2.24) is 0 Å². The lowest BCUT2D eigenvalue weighted by atomic mass is 10.1. The highest BCUT2D eigenvalue weighted by atomic mass is 32.2. The number of amides is 2. The summed E-state index contributed by atoms with van der Waals surface area (Å²) in [6.45, 7) is 2.57. The van der Waals surface area contributed by atoms with Crippen molar-refractivity contribution in [2.24, 2.45) is 0 Å². The van der Waals surface area contributed by atoms with Gasteiger partial charge in [-0.3, -0.25) is 9.59 Å². The smallest absolute Gasteiger partial charge is 0.265 e. The Bertz CT molecular complexity index is 1120. The highest BCUT2D eigenvalue weighted by molar-refractivity contribution is 7.99. The summed E-state index contributed by atoms with van der Waals surface area (Å²) in [6.07, 6.45) is -0.663. The fraction of sp³-hybridized carbons (Fsp3) is 0.200. The zero-order valence-corrected chi connectivity index (χ0v) is 18.7. The van der Waals surface area contributed by atoms with Gasteiger partial charge in [-0.05, 0) is 49.4 Å². The van der Waals surface area contributed by atoms with Gasteiger partial charge in [-0.2, -0.15) is 0 Å². The molecule has 164 valence electrons. The molecule has 3 aromatic carbocycles. The summed E-state index contributed by atoms with van der Waals surface area (Å²) in [6, 6.07) is 22.3. The van der Waals surface area contributed by atoms with E-state index in [0.29, 0.717) is 30.2 Å². The van der Waals surface area contributed by atoms with Gasteiger partial charge >= 0.3 is 0 Å². The third-order valence-corrected chi connectivity index (χ3v) is 6.17. The quantitative estimate of drug-likeness (QED) is 0.560. The summed E-state index contributed by atoms with van der Waals surface area (Å²) in [7, 11) is 1.61. The summed E-state index contributed by atoms with van der Waals surface area (Å²) >= 11 is 1.51. The number of hydrogen-bond donors (Lipinski definition) is 1. The lowest BCUT2D eigenvalue weighted by Gasteiger charge is -2.23. The molecule has 32 heavy (non-hydrogen) atoms. The third-order valence-electron chi connectivity index (χ3n) is 5.04. The van der Waals surface area contributed by atoms with Crippen LogP contribution in [0.5, 0.6) is 5.75 Å². The van der Waals surface area contributed by atoms with Gasteiger partial charge in [0, 0.05) is 29.1 Å². The van der Waals surface area contributed by atoms with Crippen LogP contribution in [0.1, 0.15) is 17.3 Å². The molecule has 0 radical (unpaired) electrons. The van der Waals surface area contributed by atoms with Crippen molar-refractivity contribution in [3.8, 4) is 5.75 Å². The van der Waals surface area contributed by atoms with Crippen LogP contribution in [0.2, 0.25) is 0 Å². The minimum absolute atomic E-state index is 0.0643. The number of fused-ring (bicyclic) bond motifs is 2. The number of carbonyl (C=O) groups is 2. The van der Waals surface area contributed by atoms with E-state index in [1.54, 1.807) is 25.0 Å². The minimum Gasteiger partial charge on any atom is -0.481 e. The Morgan fingerprint density at radius 3 is 2.56 bits per heavy atom. The van der Waals surface area contributed by atoms with E-state index in [1.807, 2.05) is 66.7 Å². The Hall–Kier alpha value is -3.29. The number of anilines is 2. The fourth-order valence-electron chi connectivity index (χ4n) is 3.41. The summed E-state index contributed by atoms with van der Waals surface area (Å²) in [5.74, 6) is 0.322. The number of hydrogen-bond acceptors (Lipinski definition) is 5. The predicted octanol–water partition coefficient (Wildman–Crippen LogP) is 4.85. The number of methoxy groups -OCH3 is 1. The molecule has 1 unspecified atom stereocenters. The zero-order chi connectivity index (χ0) is 22.5. The molecule has 0 spiro atoms. The van der Waals surface area contributed by atoms with Crippen molar-refractivity contribution >= 4 is 35.0 Å². The molecule has 2 amide bonds. The van der Waals surface area contributed by atoms with Crippen LogP contribution in [0.3, 0.4) is 0 Å². The molecular formula is C25H24N2O4S. The van der Waals surface area contributed by atoms with E-state index in [0.717, 1.165) is 15.5 Å². The summed E-state index contributed by atoms with van der Waals surface area (Å²) in [5, 5.41) is 2.92. The zero-order valence-electron chi connectivity index (χ0n) is 17.9. The first kappa shape index (κ1) is 21.9. The number of rotatable bonds is 7. The number of ether oxygens (including phenoxy) is 2. The average Bonchev–Trinajstić information content (AvgIpc) is 2.92. The van der Waals surface area contributed by atoms with Crippen LogP contribution in [0, 0.1) is 0 Å². The molecule has 1 N–H and O–H groups in total. The topological polar surface area (TPSA) is 67.9 Å². The Morgan fingerprint density at radius 1 is 1.03 bits per heavy atom. The maximum atomic E-state index is 13.2. The van der Waals surface area contributed by atoms with E-state index in [-0.39, 0.29) is 11.8 Å². The van der Waals surface area contributed by atoms with Gasteiger partial charge in [0.1, 0.15) is 5.75 Å². The molecule has 6 nitrogen and oxygen atoms in total. The van der Waals surface area contributed by atoms with Crippen molar-refractivity contribution in [1.29, 1.82) is 0 Å². The molecule has 0 saturated heterocycles. The van der Waals surface area contributed by atoms with E-state index in [1.165, 1.54) is 11.8 Å². The maximum absolute atomic E-state index is 13.2. The van der Waals surface area contributed by atoms with Gasteiger partial charge in [0.05, 0.1) is 17.9 Å². The Balaban J connectivity index is 1.58. The molecule has 1 aliphatic heterocycles. The van der Waals surface area contributed by atoms with Crippen LogP contribution in [-0.2, 0) is 9.53 Å². The standard InChI is InChI=1S/C25H24N2O4S/c1-17(31-19-8-4-3-5-9-19)24(28)26-18-12-13-21-23(16-18)32-22-11-7-6-10-20(22)25(29)27(21)14-15-30-2/h3-13,16-17H,14-15H2,1-2H3,(H,26,28). The highest BCUT2D eigenvalue weighted by Gasteiger charge is 2.27. The lowest BCUT2D eigenvalue weighted by Crippen LogP contribution is -2.34. The molecule has 0 aliphatic carbocycles. The highest BCUT2D eigenvalue weighted by Crippen LogP contribution is 2.42. The van der Waals surface area contributed by atoms with Gasteiger partial charge in [0.15, 0.2) is 6.10 Å². The summed E-state index contributed by atoms with van der Waals surface area (Å²) < 4.78 is 10.9. The molecule has 4 rings (SSSR count). The molecule has 0 saturated carbocycles. The van der Waals surface area contributed by atoms with Crippen LogP contribution < -0.4 is 15.0 Å². The second kappa shape index (κ2) is 9.89. The number of benzene rings is 3. The Kier molecular flexibility index (Phi) is 6.78. The van der Waals surface area contributed by atoms with Gasteiger partial charge < -0.3 is 19.7 Å². The van der Waals surface area contributed by atoms with Crippen molar-refractivity contribution in [2.75, 3.05) is 30.5 Å². The van der Waals surface area contributed by atoms with Gasteiger partial charge in [-0.25, -0.2) is 0 Å². The second-order valence-electron chi connectivity index (χ2n) is 7.29. The Morgan fingerprint density at radius 2 is 1.78 bits per heavy atom. The second-order valence-corrected chi connectivity index (χ2v) is 8.38. The molecule has 7 heteroatoms. The summed E-state index contributed by atoms with van der Waals surface area (Å²) in [4.78, 5) is 29.4. The lowest BCUT2D eigenvalue weighted by molar-refractivity contribution is -0.122. The third kappa shape index (κ3) is 4.79. The largest absolute Gasteiger partial charge is 0.481 e. The van der Waals surface area contributed by atoms with Gasteiger partial charge in [0.2, 0.25) is 0 Å². The SMILES string of the molecule is COCCN1C(=O)c2ccccc2Sc2cc(NC(=O)C(C)Oc3ccccc3)ccc21. The number of para-hydroxylation sites is 1. The average molecular weight is 449 g/mol. The normalized spacial score (nSPS) is 13.6. The monoisotopic (exact) mass is 448 g/mol. The number of carbonyl (C=O) groups excluding carboxylic acids is 2. The van der Waals surface area contributed by atoms with Crippen LogP contribution in [0.25, 0.3) is 0 Å². The van der Waals surface area contributed by atoms with Gasteiger partial charge in [0.25, 0.3) is 11.8 Å². The van der Waals surface area contributed by atoms with Crippen LogP contribution in [-0.4, -0.2) is 38.2 Å². The van der Waals surface area contributed by atoms with Crippen LogP contribution in [0.4, 0.5) is 11.4 Å². The molecule has 0 aromatic heterocycles. The fourth-order valence-corrected chi connectivity index (χ4v) is 4.52.